The summed E-state index contributed by atoms with van der Waals surface area (Å²) in [4.78, 5) is 14.1. The summed E-state index contributed by atoms with van der Waals surface area (Å²) in [6.07, 6.45) is 4.17. The van der Waals surface area contributed by atoms with Gasteiger partial charge in [0.25, 0.3) is 0 Å². The molecule has 0 aromatic heterocycles. The Balaban J connectivity index is 1.90. The Labute approximate surface area is 98.6 Å². The van der Waals surface area contributed by atoms with Crippen LogP contribution in [0.5, 0.6) is 0 Å². The minimum Gasteiger partial charge on any atom is -0.342 e. The molecule has 2 rings (SSSR count). The maximum absolute atomic E-state index is 12.0. The van der Waals surface area contributed by atoms with Crippen molar-refractivity contribution >= 4 is 5.91 Å². The Morgan fingerprint density at radius 2 is 2.25 bits per heavy atom. The van der Waals surface area contributed by atoms with Gasteiger partial charge in [-0.2, -0.15) is 0 Å². The number of likely N-dealkylation sites (tertiary alicyclic amines) is 1. The highest BCUT2D eigenvalue weighted by Gasteiger charge is 2.29. The van der Waals surface area contributed by atoms with Crippen molar-refractivity contribution in [2.45, 2.75) is 39.5 Å². The third-order valence-electron chi connectivity index (χ3n) is 4.07. The van der Waals surface area contributed by atoms with E-state index in [0.29, 0.717) is 17.2 Å². The molecule has 3 nitrogen and oxygen atoms in total. The first-order valence-electron chi connectivity index (χ1n) is 6.55. The zero-order valence-electron chi connectivity index (χ0n) is 10.6. The number of carbonyl (C=O) groups is 1. The minimum absolute atomic E-state index is 0.346. The molecule has 2 aliphatic heterocycles. The Hall–Kier alpha value is -0.570. The van der Waals surface area contributed by atoms with E-state index < -0.39 is 0 Å². The summed E-state index contributed by atoms with van der Waals surface area (Å²) in [5.41, 5.74) is 0.346. The Bertz CT molecular complexity index is 257. The summed E-state index contributed by atoms with van der Waals surface area (Å²) in [7, 11) is 0. The molecule has 2 saturated heterocycles. The van der Waals surface area contributed by atoms with Crippen LogP contribution in [0, 0.1) is 11.3 Å². The topological polar surface area (TPSA) is 32.3 Å². The van der Waals surface area contributed by atoms with Crippen molar-refractivity contribution in [3.63, 3.8) is 0 Å². The highest BCUT2D eigenvalue weighted by molar-refractivity contribution is 5.76. The van der Waals surface area contributed by atoms with Crippen LogP contribution in [0.2, 0.25) is 0 Å². The summed E-state index contributed by atoms with van der Waals surface area (Å²) in [5.74, 6) is 1.06. The molecule has 2 aliphatic rings. The number of carbonyl (C=O) groups excluding carboxylic acids is 1. The van der Waals surface area contributed by atoms with Gasteiger partial charge in [-0.25, -0.2) is 0 Å². The molecule has 2 fully saturated rings. The van der Waals surface area contributed by atoms with Gasteiger partial charge >= 0.3 is 0 Å². The van der Waals surface area contributed by atoms with Crippen molar-refractivity contribution in [3.05, 3.63) is 0 Å². The van der Waals surface area contributed by atoms with E-state index in [1.165, 1.54) is 6.42 Å². The van der Waals surface area contributed by atoms with E-state index in [1.807, 2.05) is 0 Å². The van der Waals surface area contributed by atoms with Crippen LogP contribution in [0.3, 0.4) is 0 Å². The quantitative estimate of drug-likeness (QED) is 0.773. The van der Waals surface area contributed by atoms with E-state index in [-0.39, 0.29) is 0 Å². The molecule has 0 aromatic rings. The van der Waals surface area contributed by atoms with Gasteiger partial charge in [0, 0.05) is 19.5 Å². The molecule has 1 N–H and O–H groups in total. The van der Waals surface area contributed by atoms with Crippen LogP contribution in [-0.4, -0.2) is 37.0 Å². The van der Waals surface area contributed by atoms with Gasteiger partial charge in [0.2, 0.25) is 5.91 Å². The van der Waals surface area contributed by atoms with E-state index in [2.05, 4.69) is 24.1 Å². The van der Waals surface area contributed by atoms with Gasteiger partial charge < -0.3 is 10.2 Å². The molecule has 0 saturated carbocycles. The summed E-state index contributed by atoms with van der Waals surface area (Å²) in [5, 5.41) is 3.37. The fourth-order valence-electron chi connectivity index (χ4n) is 2.67. The van der Waals surface area contributed by atoms with E-state index >= 15 is 0 Å². The van der Waals surface area contributed by atoms with Crippen LogP contribution in [0.1, 0.15) is 39.5 Å². The largest absolute Gasteiger partial charge is 0.342 e. The molecular formula is C13H24N2O. The summed E-state index contributed by atoms with van der Waals surface area (Å²) in [6, 6.07) is 0. The molecule has 3 heteroatoms. The second-order valence-corrected chi connectivity index (χ2v) is 6.11. The molecule has 1 amide bonds. The number of nitrogens with one attached hydrogen (secondary N) is 1. The number of rotatable bonds is 2. The van der Waals surface area contributed by atoms with E-state index in [4.69, 9.17) is 0 Å². The summed E-state index contributed by atoms with van der Waals surface area (Å²) < 4.78 is 0. The van der Waals surface area contributed by atoms with Crippen LogP contribution < -0.4 is 5.32 Å². The van der Waals surface area contributed by atoms with Crippen molar-refractivity contribution < 1.29 is 4.79 Å². The first kappa shape index (κ1) is 11.9. The first-order valence-corrected chi connectivity index (χ1v) is 6.55. The van der Waals surface area contributed by atoms with Crippen LogP contribution >= 0.6 is 0 Å². The molecule has 16 heavy (non-hydrogen) atoms. The number of hydrogen-bond donors (Lipinski definition) is 1. The molecule has 1 unspecified atom stereocenters. The van der Waals surface area contributed by atoms with E-state index in [1.54, 1.807) is 0 Å². The molecule has 2 heterocycles. The predicted molar refractivity (Wildman–Crippen MR) is 65.2 cm³/mol. The Morgan fingerprint density at radius 3 is 2.94 bits per heavy atom. The van der Waals surface area contributed by atoms with Gasteiger partial charge in [0.1, 0.15) is 0 Å². The van der Waals surface area contributed by atoms with E-state index in [9.17, 15) is 4.79 Å². The minimum atomic E-state index is 0.346. The van der Waals surface area contributed by atoms with Gasteiger partial charge in [0.05, 0.1) is 0 Å². The lowest BCUT2D eigenvalue weighted by Gasteiger charge is -2.25. The maximum atomic E-state index is 12.0. The molecule has 1 atom stereocenters. The second kappa shape index (κ2) is 4.74. The van der Waals surface area contributed by atoms with Gasteiger partial charge in [-0.1, -0.05) is 13.8 Å². The number of hydrogen-bond acceptors (Lipinski definition) is 2. The number of nitrogens with zero attached hydrogens (tertiary/aromatic N) is 1. The molecule has 92 valence electrons. The van der Waals surface area contributed by atoms with Crippen molar-refractivity contribution in [1.82, 2.24) is 10.2 Å². The maximum Gasteiger partial charge on any atom is 0.222 e. The third-order valence-corrected chi connectivity index (χ3v) is 4.07. The molecule has 0 radical (unpaired) electrons. The predicted octanol–water partition coefficient (Wildman–Crippen LogP) is 1.63. The van der Waals surface area contributed by atoms with E-state index in [0.717, 1.165) is 45.4 Å². The molecule has 0 aromatic carbocycles. The Morgan fingerprint density at radius 1 is 1.44 bits per heavy atom. The average Bonchev–Trinajstić information content (AvgIpc) is 2.69. The smallest absolute Gasteiger partial charge is 0.222 e. The fourth-order valence-corrected chi connectivity index (χ4v) is 2.67. The monoisotopic (exact) mass is 224 g/mol. The van der Waals surface area contributed by atoms with Crippen molar-refractivity contribution in [2.24, 2.45) is 11.3 Å². The summed E-state index contributed by atoms with van der Waals surface area (Å²) >= 11 is 0. The van der Waals surface area contributed by atoms with Gasteiger partial charge in [0.15, 0.2) is 0 Å². The zero-order chi connectivity index (χ0) is 11.6. The van der Waals surface area contributed by atoms with Crippen LogP contribution in [-0.2, 0) is 4.79 Å². The molecule has 0 aliphatic carbocycles. The van der Waals surface area contributed by atoms with Gasteiger partial charge in [-0.05, 0) is 43.7 Å². The van der Waals surface area contributed by atoms with Gasteiger partial charge in [-0.3, -0.25) is 4.79 Å². The fraction of sp³-hybridized carbons (Fsp3) is 0.923. The van der Waals surface area contributed by atoms with Crippen molar-refractivity contribution in [3.8, 4) is 0 Å². The summed E-state index contributed by atoms with van der Waals surface area (Å²) in [6.45, 7) is 8.71. The van der Waals surface area contributed by atoms with Gasteiger partial charge in [-0.15, -0.1) is 0 Å². The standard InChI is InChI=1S/C13H24N2O/c1-13(2)5-3-12(16)15(8-6-13)10-11-4-7-14-9-11/h11,14H,3-10H2,1-2H3. The normalized spacial score (nSPS) is 30.5. The lowest BCUT2D eigenvalue weighted by Crippen LogP contribution is -2.35. The van der Waals surface area contributed by atoms with Crippen LogP contribution in [0.4, 0.5) is 0 Å². The lowest BCUT2D eigenvalue weighted by atomic mass is 9.85. The van der Waals surface area contributed by atoms with Crippen LogP contribution in [0.25, 0.3) is 0 Å². The lowest BCUT2D eigenvalue weighted by molar-refractivity contribution is -0.131. The highest BCUT2D eigenvalue weighted by Crippen LogP contribution is 2.30. The molecule has 0 spiro atoms. The average molecular weight is 224 g/mol. The highest BCUT2D eigenvalue weighted by atomic mass is 16.2. The third kappa shape index (κ3) is 2.97. The first-order chi connectivity index (χ1) is 7.57. The zero-order valence-corrected chi connectivity index (χ0v) is 10.6. The van der Waals surface area contributed by atoms with Crippen molar-refractivity contribution in [1.29, 1.82) is 0 Å². The van der Waals surface area contributed by atoms with Crippen LogP contribution in [0.15, 0.2) is 0 Å². The molecule has 0 bridgehead atoms. The second-order valence-electron chi connectivity index (χ2n) is 6.11. The SMILES string of the molecule is CC1(C)CCC(=O)N(CC2CCNC2)CC1. The molecular weight excluding hydrogens is 200 g/mol. The Kier molecular flexibility index (Phi) is 3.53. The van der Waals surface area contributed by atoms with Crippen molar-refractivity contribution in [2.75, 3.05) is 26.2 Å². The number of amides is 1.